The predicted octanol–water partition coefficient (Wildman–Crippen LogP) is 5.82. The van der Waals surface area contributed by atoms with Crippen molar-refractivity contribution in [3.8, 4) is 0 Å². The van der Waals surface area contributed by atoms with Crippen molar-refractivity contribution in [2.45, 2.75) is 43.5 Å². The van der Waals surface area contributed by atoms with E-state index in [0.29, 0.717) is 11.4 Å². The van der Waals surface area contributed by atoms with E-state index in [0.717, 1.165) is 29.5 Å². The fraction of sp³-hybridized carbons (Fsp3) is 0.231. The highest BCUT2D eigenvalue weighted by molar-refractivity contribution is 7.89. The van der Waals surface area contributed by atoms with Gasteiger partial charge in [-0.1, -0.05) is 85.3 Å². The quantitative estimate of drug-likeness (QED) is 0.507. The summed E-state index contributed by atoms with van der Waals surface area (Å²) in [6, 6.07) is 27.2. The van der Waals surface area contributed by atoms with Gasteiger partial charge in [-0.15, -0.1) is 0 Å². The summed E-state index contributed by atoms with van der Waals surface area (Å²) in [5.41, 5.74) is 4.26. The van der Waals surface area contributed by atoms with Gasteiger partial charge in [-0.05, 0) is 48.6 Å². The van der Waals surface area contributed by atoms with Crippen LogP contribution in [-0.4, -0.2) is 12.7 Å². The topological polar surface area (TPSA) is 37.4 Å². The fourth-order valence-corrected chi connectivity index (χ4v) is 5.31. The van der Waals surface area contributed by atoms with Crippen LogP contribution in [0.5, 0.6) is 0 Å². The van der Waals surface area contributed by atoms with Gasteiger partial charge in [0.15, 0.2) is 0 Å². The first kappa shape index (κ1) is 20.4. The third-order valence-corrected chi connectivity index (χ3v) is 7.84. The molecule has 0 radical (unpaired) electrons. The number of allylic oxidation sites excluding steroid dienone is 1. The Morgan fingerprint density at radius 1 is 0.900 bits per heavy atom. The van der Waals surface area contributed by atoms with E-state index in [1.54, 1.807) is 12.1 Å². The molecule has 0 spiro atoms. The average Bonchev–Trinajstić information content (AvgIpc) is 2.76. The normalized spacial score (nSPS) is 20.0. The van der Waals surface area contributed by atoms with Crippen molar-refractivity contribution in [3.63, 3.8) is 0 Å². The molecule has 3 nitrogen and oxygen atoms in total. The summed E-state index contributed by atoms with van der Waals surface area (Å²) in [7, 11) is -3.66. The Balaban J connectivity index is 1.74. The minimum absolute atomic E-state index is 0.126. The summed E-state index contributed by atoms with van der Waals surface area (Å²) in [5.74, 6) is 0. The van der Waals surface area contributed by atoms with Gasteiger partial charge in [-0.2, -0.15) is 0 Å². The van der Waals surface area contributed by atoms with Gasteiger partial charge in [0.2, 0.25) is 0 Å². The largest absolute Gasteiger partial charge is 0.269 e. The van der Waals surface area contributed by atoms with Crippen LogP contribution in [0.2, 0.25) is 0 Å². The molecule has 154 valence electrons. The minimum Gasteiger partial charge on any atom is -0.269 e. The van der Waals surface area contributed by atoms with Crippen molar-refractivity contribution in [2.24, 2.45) is 0 Å². The molecule has 1 saturated carbocycles. The molecule has 3 aromatic rings. The molecule has 3 aromatic carbocycles. The smallest absolute Gasteiger partial charge is 0.264 e. The Kier molecular flexibility index (Phi) is 5.52. The van der Waals surface area contributed by atoms with Crippen LogP contribution in [0, 0.1) is 6.92 Å². The molecule has 0 aliphatic heterocycles. The Hall–Kier alpha value is -2.85. The number of rotatable bonds is 6. The van der Waals surface area contributed by atoms with Gasteiger partial charge in [0.25, 0.3) is 10.0 Å². The molecule has 4 rings (SSSR count). The van der Waals surface area contributed by atoms with Crippen LogP contribution >= 0.6 is 0 Å². The maximum absolute atomic E-state index is 13.6. The molecular weight excluding hydrogens is 390 g/mol. The zero-order chi connectivity index (χ0) is 21.2. The molecule has 0 amide bonds. The highest BCUT2D eigenvalue weighted by Gasteiger charge is 2.40. The van der Waals surface area contributed by atoms with Gasteiger partial charge in [0.05, 0.1) is 11.4 Å². The first-order chi connectivity index (χ1) is 14.4. The molecule has 1 aliphatic carbocycles. The van der Waals surface area contributed by atoms with E-state index in [4.69, 9.17) is 0 Å². The Bertz CT molecular complexity index is 1140. The number of nitrogens with zero attached hydrogens (tertiary/aromatic N) is 1. The van der Waals surface area contributed by atoms with Crippen LogP contribution in [0.3, 0.4) is 0 Å². The van der Waals surface area contributed by atoms with Crippen LogP contribution in [0.4, 0.5) is 0 Å². The summed E-state index contributed by atoms with van der Waals surface area (Å²) in [4.78, 5) is 0.321. The van der Waals surface area contributed by atoms with E-state index in [9.17, 15) is 8.42 Å². The summed E-state index contributed by atoms with van der Waals surface area (Å²) in [6.07, 6.45) is 3.80. The molecule has 0 heterocycles. The predicted molar refractivity (Wildman–Crippen MR) is 121 cm³/mol. The number of hydrogen-bond donors (Lipinski definition) is 0. The third-order valence-electron chi connectivity index (χ3n) is 6.12. The highest BCUT2D eigenvalue weighted by Crippen LogP contribution is 2.48. The lowest BCUT2D eigenvalue weighted by Gasteiger charge is -2.43. The molecule has 0 saturated heterocycles. The summed E-state index contributed by atoms with van der Waals surface area (Å²) in [5, 5.41) is 0. The van der Waals surface area contributed by atoms with Crippen molar-refractivity contribution < 1.29 is 8.42 Å². The number of benzene rings is 3. The highest BCUT2D eigenvalue weighted by atomic mass is 32.2. The molecule has 1 aliphatic rings. The van der Waals surface area contributed by atoms with Gasteiger partial charge in [0, 0.05) is 11.6 Å². The first-order valence-corrected chi connectivity index (χ1v) is 11.7. The molecule has 0 aromatic heterocycles. The summed E-state index contributed by atoms with van der Waals surface area (Å²) < 4.78 is 28.6. The third kappa shape index (κ3) is 3.92. The van der Waals surface area contributed by atoms with E-state index in [1.165, 1.54) is 9.87 Å². The van der Waals surface area contributed by atoms with Crippen molar-refractivity contribution in [1.82, 2.24) is 4.31 Å². The van der Waals surface area contributed by atoms with Crippen LogP contribution in [0.15, 0.2) is 102 Å². The van der Waals surface area contributed by atoms with E-state index < -0.39 is 10.0 Å². The summed E-state index contributed by atoms with van der Waals surface area (Å²) in [6.45, 7) is 4.47. The lowest BCUT2D eigenvalue weighted by Crippen LogP contribution is -2.36. The van der Waals surface area contributed by atoms with Crippen LogP contribution < -0.4 is 0 Å². The van der Waals surface area contributed by atoms with Gasteiger partial charge >= 0.3 is 0 Å². The Labute approximate surface area is 179 Å². The van der Waals surface area contributed by atoms with E-state index in [1.807, 2.05) is 73.8 Å². The van der Waals surface area contributed by atoms with E-state index >= 15 is 0 Å². The molecule has 0 unspecified atom stereocenters. The first-order valence-electron chi connectivity index (χ1n) is 10.3. The minimum atomic E-state index is -3.66. The Morgan fingerprint density at radius 2 is 1.50 bits per heavy atom. The molecular formula is C26H27NO2S. The summed E-state index contributed by atoms with van der Waals surface area (Å²) >= 11 is 0. The second kappa shape index (κ2) is 8.11. The second-order valence-electron chi connectivity index (χ2n) is 8.20. The van der Waals surface area contributed by atoms with Crippen molar-refractivity contribution in [2.75, 3.05) is 0 Å². The van der Waals surface area contributed by atoms with Crippen molar-refractivity contribution >= 4 is 10.0 Å². The lowest BCUT2D eigenvalue weighted by molar-refractivity contribution is 0.378. The SMILES string of the molecule is Cc1ccc(S(=O)(=O)N(/C=C2/CC[C@]2(C)c2ccccc2)Cc2ccccc2)cc1. The second-order valence-corrected chi connectivity index (χ2v) is 10.1. The Morgan fingerprint density at radius 3 is 2.07 bits per heavy atom. The number of sulfonamides is 1. The number of hydrogen-bond acceptors (Lipinski definition) is 2. The molecule has 0 N–H and O–H groups in total. The number of aryl methyl sites for hydroxylation is 1. The molecule has 30 heavy (non-hydrogen) atoms. The van der Waals surface area contributed by atoms with Gasteiger partial charge in [0.1, 0.15) is 0 Å². The van der Waals surface area contributed by atoms with Crippen molar-refractivity contribution in [1.29, 1.82) is 0 Å². The monoisotopic (exact) mass is 417 g/mol. The maximum atomic E-state index is 13.6. The van der Waals surface area contributed by atoms with Crippen LogP contribution in [-0.2, 0) is 22.0 Å². The average molecular weight is 418 g/mol. The van der Waals surface area contributed by atoms with E-state index in [-0.39, 0.29) is 5.41 Å². The standard InChI is InChI=1S/C26H27NO2S/c1-21-13-15-25(16-14-21)30(28,29)27(19-22-9-5-3-6-10-22)20-24-17-18-26(24,2)23-11-7-4-8-12-23/h3-16,20H,17-19H2,1-2H3/b24-20-/t26-/m1/s1. The molecule has 1 fully saturated rings. The van der Waals surface area contributed by atoms with E-state index in [2.05, 4.69) is 19.1 Å². The van der Waals surface area contributed by atoms with Gasteiger partial charge in [-0.25, -0.2) is 8.42 Å². The van der Waals surface area contributed by atoms with Gasteiger partial charge < -0.3 is 0 Å². The zero-order valence-corrected chi connectivity index (χ0v) is 18.3. The molecule has 4 heteroatoms. The fourth-order valence-electron chi connectivity index (χ4n) is 3.97. The van der Waals surface area contributed by atoms with Crippen LogP contribution in [0.25, 0.3) is 0 Å². The molecule has 1 atom stereocenters. The van der Waals surface area contributed by atoms with Gasteiger partial charge in [-0.3, -0.25) is 4.31 Å². The molecule has 0 bridgehead atoms. The maximum Gasteiger partial charge on any atom is 0.264 e. The van der Waals surface area contributed by atoms with Crippen LogP contribution in [0.1, 0.15) is 36.5 Å². The lowest BCUT2D eigenvalue weighted by atomic mass is 9.62. The zero-order valence-electron chi connectivity index (χ0n) is 17.5. The van der Waals surface area contributed by atoms with Crippen molar-refractivity contribution in [3.05, 3.63) is 113 Å².